The first kappa shape index (κ1) is 29.8. The summed E-state index contributed by atoms with van der Waals surface area (Å²) in [5, 5.41) is 4.48. The number of fused-ring (bicyclic) bond motifs is 1. The molecule has 0 radical (unpaired) electrons. The molecule has 43 heavy (non-hydrogen) atoms. The van der Waals surface area contributed by atoms with Crippen LogP contribution in [0, 0.1) is 0 Å². The topological polar surface area (TPSA) is 94.2 Å². The Balaban J connectivity index is 1.40. The molecule has 220 valence electrons. The van der Waals surface area contributed by atoms with Crippen molar-refractivity contribution >= 4 is 56.3 Å². The maximum Gasteiger partial charge on any atom is 0.335 e. The van der Waals surface area contributed by atoms with E-state index in [9.17, 15) is 14.4 Å². The van der Waals surface area contributed by atoms with Crippen LogP contribution in [-0.4, -0.2) is 31.1 Å². The van der Waals surface area contributed by atoms with Crippen molar-refractivity contribution in [3.8, 4) is 17.2 Å². The van der Waals surface area contributed by atoms with Crippen LogP contribution in [0.5, 0.6) is 17.2 Å². The molecule has 4 aromatic carbocycles. The Hall–Kier alpha value is -4.63. The van der Waals surface area contributed by atoms with Gasteiger partial charge in [0.05, 0.1) is 23.4 Å². The number of carbonyl (C=O) groups is 3. The van der Waals surface area contributed by atoms with E-state index in [1.165, 1.54) is 6.08 Å². The van der Waals surface area contributed by atoms with E-state index in [4.69, 9.17) is 14.2 Å². The fourth-order valence-electron chi connectivity index (χ4n) is 4.73. The van der Waals surface area contributed by atoms with E-state index in [1.54, 1.807) is 36.4 Å². The van der Waals surface area contributed by atoms with Crippen molar-refractivity contribution in [3.63, 3.8) is 0 Å². The lowest BCUT2D eigenvalue weighted by Crippen LogP contribution is -2.54. The summed E-state index contributed by atoms with van der Waals surface area (Å²) in [6.07, 6.45) is 3.36. The molecule has 4 aromatic rings. The number of carbonyl (C=O) groups excluding carboxylic acids is 3. The SMILES string of the molecule is CCCCOc1ccc(N2C(=O)NC(=O)/C(=C/c3cc(Br)c(OCc4cccc5ccccc45)c(OCC)c3)C2=O)cc1. The number of hydrogen-bond donors (Lipinski definition) is 1. The fourth-order valence-corrected chi connectivity index (χ4v) is 5.30. The summed E-state index contributed by atoms with van der Waals surface area (Å²) in [5.41, 5.74) is 1.66. The number of amides is 4. The molecule has 1 N–H and O–H groups in total. The molecule has 0 aromatic heterocycles. The highest BCUT2D eigenvalue weighted by Crippen LogP contribution is 2.39. The standard InChI is InChI=1S/C34H31BrN2O6/c1-3-5-17-42-26-15-13-25(14-16-26)37-33(39)28(32(38)36-34(37)40)18-22-19-29(35)31(30(20-22)41-4-2)43-21-24-11-8-10-23-9-6-7-12-27(23)24/h6-16,18-20H,3-5,17,21H2,1-2H3,(H,36,38,40)/b28-18-. The molecule has 4 amide bonds. The number of ether oxygens (including phenoxy) is 3. The lowest BCUT2D eigenvalue weighted by atomic mass is 10.1. The van der Waals surface area contributed by atoms with Crippen molar-refractivity contribution < 1.29 is 28.6 Å². The third-order valence-corrected chi connectivity index (χ3v) is 7.45. The van der Waals surface area contributed by atoms with Crippen molar-refractivity contribution in [2.75, 3.05) is 18.1 Å². The van der Waals surface area contributed by atoms with E-state index >= 15 is 0 Å². The van der Waals surface area contributed by atoms with Crippen LogP contribution in [0.1, 0.15) is 37.8 Å². The third kappa shape index (κ3) is 6.73. The molecule has 1 saturated heterocycles. The first-order valence-electron chi connectivity index (χ1n) is 14.1. The van der Waals surface area contributed by atoms with Crippen LogP contribution in [0.25, 0.3) is 16.8 Å². The van der Waals surface area contributed by atoms with Gasteiger partial charge in [0.15, 0.2) is 11.5 Å². The zero-order chi connectivity index (χ0) is 30.3. The number of barbiturate groups is 1. The molecule has 1 fully saturated rings. The molecule has 5 rings (SSSR count). The van der Waals surface area contributed by atoms with Gasteiger partial charge in [-0.3, -0.25) is 14.9 Å². The summed E-state index contributed by atoms with van der Waals surface area (Å²) < 4.78 is 18.4. The lowest BCUT2D eigenvalue weighted by molar-refractivity contribution is -0.122. The van der Waals surface area contributed by atoms with Gasteiger partial charge in [-0.25, -0.2) is 9.69 Å². The van der Waals surface area contributed by atoms with Crippen molar-refractivity contribution in [1.82, 2.24) is 5.32 Å². The fraction of sp³-hybridized carbons (Fsp3) is 0.206. The maximum atomic E-state index is 13.5. The quantitative estimate of drug-likeness (QED) is 0.104. The molecule has 9 heteroatoms. The zero-order valence-electron chi connectivity index (χ0n) is 23.9. The van der Waals surface area contributed by atoms with Gasteiger partial charge in [-0.05, 0) is 93.6 Å². The van der Waals surface area contributed by atoms with Gasteiger partial charge in [0.25, 0.3) is 11.8 Å². The van der Waals surface area contributed by atoms with Crippen molar-refractivity contribution in [2.24, 2.45) is 0 Å². The van der Waals surface area contributed by atoms with Crippen LogP contribution in [0.3, 0.4) is 0 Å². The van der Waals surface area contributed by atoms with Gasteiger partial charge in [0, 0.05) is 0 Å². The van der Waals surface area contributed by atoms with Crippen LogP contribution in [0.2, 0.25) is 0 Å². The number of halogens is 1. The molecule has 1 aliphatic rings. The van der Waals surface area contributed by atoms with Gasteiger partial charge in [-0.1, -0.05) is 55.8 Å². The molecule has 0 spiro atoms. The number of nitrogens with zero attached hydrogens (tertiary/aromatic N) is 1. The molecule has 0 atom stereocenters. The number of hydrogen-bond acceptors (Lipinski definition) is 6. The summed E-state index contributed by atoms with van der Waals surface area (Å²) >= 11 is 3.58. The number of benzene rings is 4. The Morgan fingerprint density at radius 1 is 0.884 bits per heavy atom. The second-order valence-corrected chi connectivity index (χ2v) is 10.7. The molecular weight excluding hydrogens is 612 g/mol. The predicted molar refractivity (Wildman–Crippen MR) is 169 cm³/mol. The molecule has 0 unspecified atom stereocenters. The van der Waals surface area contributed by atoms with E-state index in [-0.39, 0.29) is 5.57 Å². The van der Waals surface area contributed by atoms with E-state index in [2.05, 4.69) is 46.4 Å². The van der Waals surface area contributed by atoms with Crippen LogP contribution < -0.4 is 24.4 Å². The minimum absolute atomic E-state index is 0.193. The predicted octanol–water partition coefficient (Wildman–Crippen LogP) is 7.43. The number of anilines is 1. The normalized spacial score (nSPS) is 14.3. The first-order valence-corrected chi connectivity index (χ1v) is 14.9. The Morgan fingerprint density at radius 3 is 2.42 bits per heavy atom. The van der Waals surface area contributed by atoms with E-state index < -0.39 is 17.8 Å². The lowest BCUT2D eigenvalue weighted by Gasteiger charge is -2.26. The number of imide groups is 2. The van der Waals surface area contributed by atoms with Crippen molar-refractivity contribution in [2.45, 2.75) is 33.3 Å². The number of rotatable bonds is 11. The van der Waals surface area contributed by atoms with Crippen LogP contribution >= 0.6 is 15.9 Å². The van der Waals surface area contributed by atoms with E-state index in [1.807, 2.05) is 31.2 Å². The van der Waals surface area contributed by atoms with Gasteiger partial charge >= 0.3 is 6.03 Å². The van der Waals surface area contributed by atoms with Crippen molar-refractivity contribution in [1.29, 1.82) is 0 Å². The molecular formula is C34H31BrN2O6. The van der Waals surface area contributed by atoms with Gasteiger partial charge < -0.3 is 14.2 Å². The Bertz CT molecular complexity index is 1690. The van der Waals surface area contributed by atoms with E-state index in [0.717, 1.165) is 34.1 Å². The molecule has 0 saturated carbocycles. The Labute approximate surface area is 258 Å². The van der Waals surface area contributed by atoms with E-state index in [0.29, 0.717) is 52.8 Å². The summed E-state index contributed by atoms with van der Waals surface area (Å²) in [6, 6.07) is 23.4. The van der Waals surface area contributed by atoms with Gasteiger partial charge in [0.2, 0.25) is 0 Å². The van der Waals surface area contributed by atoms with Gasteiger partial charge in [-0.15, -0.1) is 0 Å². The molecule has 1 heterocycles. The average molecular weight is 644 g/mol. The molecule has 0 aliphatic carbocycles. The van der Waals surface area contributed by atoms with Crippen LogP contribution in [-0.2, 0) is 16.2 Å². The Morgan fingerprint density at radius 2 is 1.65 bits per heavy atom. The average Bonchev–Trinajstić information content (AvgIpc) is 3.00. The molecule has 8 nitrogen and oxygen atoms in total. The number of urea groups is 1. The summed E-state index contributed by atoms with van der Waals surface area (Å²) in [4.78, 5) is 39.9. The number of nitrogens with one attached hydrogen (secondary N) is 1. The smallest absolute Gasteiger partial charge is 0.335 e. The van der Waals surface area contributed by atoms with Crippen molar-refractivity contribution in [3.05, 3.63) is 100 Å². The highest BCUT2D eigenvalue weighted by Gasteiger charge is 2.37. The summed E-state index contributed by atoms with van der Waals surface area (Å²) in [7, 11) is 0. The monoisotopic (exact) mass is 642 g/mol. The second-order valence-electron chi connectivity index (χ2n) is 9.84. The second kappa shape index (κ2) is 13.6. The largest absolute Gasteiger partial charge is 0.494 e. The third-order valence-electron chi connectivity index (χ3n) is 6.86. The highest BCUT2D eigenvalue weighted by molar-refractivity contribution is 9.10. The van der Waals surface area contributed by atoms with Gasteiger partial charge in [0.1, 0.15) is 17.9 Å². The molecule has 0 bridgehead atoms. The minimum atomic E-state index is -0.819. The van der Waals surface area contributed by atoms with Gasteiger partial charge in [-0.2, -0.15) is 0 Å². The summed E-state index contributed by atoms with van der Waals surface area (Å²) in [5.74, 6) is 0.0495. The Kier molecular flexibility index (Phi) is 9.41. The highest BCUT2D eigenvalue weighted by atomic mass is 79.9. The summed E-state index contributed by atoms with van der Waals surface area (Å²) in [6.45, 7) is 5.19. The first-order chi connectivity index (χ1) is 20.9. The minimum Gasteiger partial charge on any atom is -0.494 e. The maximum absolute atomic E-state index is 13.5. The van der Waals surface area contributed by atoms with Crippen LogP contribution in [0.15, 0.2) is 88.9 Å². The van der Waals surface area contributed by atoms with Crippen LogP contribution in [0.4, 0.5) is 10.5 Å². The number of unbranched alkanes of at least 4 members (excludes halogenated alkanes) is 1. The zero-order valence-corrected chi connectivity index (χ0v) is 25.5. The molecule has 1 aliphatic heterocycles.